The van der Waals surface area contributed by atoms with Crippen LogP contribution in [0.3, 0.4) is 0 Å². The lowest BCUT2D eigenvalue weighted by Gasteiger charge is -2.26. The molecule has 1 saturated carbocycles. The molecule has 0 atom stereocenters. The maximum Gasteiger partial charge on any atom is 0.387 e. The van der Waals surface area contributed by atoms with E-state index in [4.69, 9.17) is 5.11 Å². The summed E-state index contributed by atoms with van der Waals surface area (Å²) in [6.45, 7) is -3.13. The first-order valence-electron chi connectivity index (χ1n) is 7.08. The van der Waals surface area contributed by atoms with Crippen molar-refractivity contribution in [3.63, 3.8) is 0 Å². The van der Waals surface area contributed by atoms with E-state index in [1.54, 1.807) is 0 Å². The zero-order valence-electron chi connectivity index (χ0n) is 12.1. The van der Waals surface area contributed by atoms with Gasteiger partial charge in [0.25, 0.3) is 0 Å². The zero-order valence-corrected chi connectivity index (χ0v) is 12.9. The Morgan fingerprint density at radius 3 is 2.39 bits per heavy atom. The van der Waals surface area contributed by atoms with Gasteiger partial charge in [0.1, 0.15) is 10.6 Å². The Labute approximate surface area is 132 Å². The van der Waals surface area contributed by atoms with E-state index in [2.05, 4.69) is 9.46 Å². The highest BCUT2D eigenvalue weighted by Gasteiger charge is 2.30. The van der Waals surface area contributed by atoms with Crippen LogP contribution in [-0.2, 0) is 14.8 Å². The number of benzene rings is 1. The minimum atomic E-state index is -4.03. The van der Waals surface area contributed by atoms with E-state index in [0.717, 1.165) is 6.07 Å². The number of alkyl halides is 2. The molecule has 0 bridgehead atoms. The van der Waals surface area contributed by atoms with Gasteiger partial charge in [0, 0.05) is 6.04 Å². The largest absolute Gasteiger partial charge is 0.481 e. The van der Waals surface area contributed by atoms with Crippen LogP contribution < -0.4 is 9.46 Å². The van der Waals surface area contributed by atoms with Crippen LogP contribution in [-0.4, -0.2) is 32.1 Å². The minimum Gasteiger partial charge on any atom is -0.481 e. The third kappa shape index (κ3) is 4.61. The summed E-state index contributed by atoms with van der Waals surface area (Å²) in [6, 6.07) is 4.73. The molecule has 0 aromatic heterocycles. The molecule has 0 unspecified atom stereocenters. The molecule has 128 valence electrons. The molecule has 0 aliphatic heterocycles. The lowest BCUT2D eigenvalue weighted by Crippen LogP contribution is -2.38. The number of para-hydroxylation sites is 1. The molecule has 1 aliphatic rings. The summed E-state index contributed by atoms with van der Waals surface area (Å²) in [4.78, 5) is 10.5. The highest BCUT2D eigenvalue weighted by atomic mass is 32.2. The van der Waals surface area contributed by atoms with Crippen LogP contribution >= 0.6 is 0 Å². The predicted octanol–water partition coefficient (Wildman–Crippen LogP) is 2.21. The number of sulfonamides is 1. The van der Waals surface area contributed by atoms with Crippen molar-refractivity contribution in [1.82, 2.24) is 4.72 Å². The van der Waals surface area contributed by atoms with Gasteiger partial charge >= 0.3 is 12.6 Å². The molecule has 0 amide bonds. The lowest BCUT2D eigenvalue weighted by atomic mass is 9.87. The Hall–Kier alpha value is -1.74. The summed E-state index contributed by atoms with van der Waals surface area (Å²) in [5.74, 6) is -1.78. The van der Waals surface area contributed by atoms with Crippen LogP contribution in [0.2, 0.25) is 0 Å². The topological polar surface area (TPSA) is 92.7 Å². The SMILES string of the molecule is O=C(O)C1CCC(NS(=O)(=O)c2ccccc2OC(F)F)CC1. The summed E-state index contributed by atoms with van der Waals surface area (Å²) in [5, 5.41) is 8.93. The Balaban J connectivity index is 2.10. The number of hydrogen-bond acceptors (Lipinski definition) is 4. The van der Waals surface area contributed by atoms with E-state index in [9.17, 15) is 22.0 Å². The first-order valence-corrected chi connectivity index (χ1v) is 8.57. The van der Waals surface area contributed by atoms with Gasteiger partial charge in [-0.3, -0.25) is 4.79 Å². The van der Waals surface area contributed by atoms with Gasteiger partial charge < -0.3 is 9.84 Å². The molecular formula is C14H17F2NO5S. The molecular weight excluding hydrogens is 332 g/mol. The van der Waals surface area contributed by atoms with E-state index in [1.807, 2.05) is 0 Å². The van der Waals surface area contributed by atoms with Crippen LogP contribution in [0, 0.1) is 5.92 Å². The number of ether oxygens (including phenoxy) is 1. The summed E-state index contributed by atoms with van der Waals surface area (Å²) >= 11 is 0. The minimum absolute atomic E-state index is 0.361. The second-order valence-electron chi connectivity index (χ2n) is 5.33. The Morgan fingerprint density at radius 1 is 1.22 bits per heavy atom. The van der Waals surface area contributed by atoms with E-state index in [1.165, 1.54) is 18.2 Å². The van der Waals surface area contributed by atoms with E-state index in [0.29, 0.717) is 25.7 Å². The van der Waals surface area contributed by atoms with Crippen molar-refractivity contribution in [2.75, 3.05) is 0 Å². The Morgan fingerprint density at radius 2 is 1.83 bits per heavy atom. The fourth-order valence-electron chi connectivity index (χ4n) is 2.61. The van der Waals surface area contributed by atoms with Gasteiger partial charge in [0.05, 0.1) is 5.92 Å². The molecule has 1 aromatic carbocycles. The standard InChI is InChI=1S/C14H17F2NO5S/c15-14(16)22-11-3-1-2-4-12(11)23(20,21)17-10-7-5-9(6-8-10)13(18)19/h1-4,9-10,14,17H,5-8H2,(H,18,19). The number of halogens is 2. The fourth-order valence-corrected chi connectivity index (χ4v) is 4.05. The number of carboxylic acid groups (broad SMARTS) is 1. The van der Waals surface area contributed by atoms with Crippen molar-refractivity contribution in [2.24, 2.45) is 5.92 Å². The van der Waals surface area contributed by atoms with Gasteiger partial charge in [-0.1, -0.05) is 12.1 Å². The molecule has 2 rings (SSSR count). The van der Waals surface area contributed by atoms with Crippen molar-refractivity contribution in [2.45, 2.75) is 43.2 Å². The monoisotopic (exact) mass is 349 g/mol. The number of carboxylic acids is 1. The van der Waals surface area contributed by atoms with Gasteiger partial charge in [-0.15, -0.1) is 0 Å². The van der Waals surface area contributed by atoms with Gasteiger partial charge in [-0.2, -0.15) is 8.78 Å². The average Bonchev–Trinajstić information content (AvgIpc) is 2.47. The molecule has 0 spiro atoms. The van der Waals surface area contributed by atoms with Crippen LogP contribution in [0.15, 0.2) is 29.2 Å². The molecule has 9 heteroatoms. The van der Waals surface area contributed by atoms with Crippen molar-refractivity contribution in [3.05, 3.63) is 24.3 Å². The molecule has 6 nitrogen and oxygen atoms in total. The van der Waals surface area contributed by atoms with Gasteiger partial charge in [0.2, 0.25) is 10.0 Å². The fraction of sp³-hybridized carbons (Fsp3) is 0.500. The maximum atomic E-state index is 12.4. The van der Waals surface area contributed by atoms with Gasteiger partial charge in [-0.05, 0) is 37.8 Å². The molecule has 23 heavy (non-hydrogen) atoms. The highest BCUT2D eigenvalue weighted by molar-refractivity contribution is 7.89. The number of nitrogens with one attached hydrogen (secondary N) is 1. The van der Waals surface area contributed by atoms with E-state index >= 15 is 0 Å². The lowest BCUT2D eigenvalue weighted by molar-refractivity contribution is -0.142. The smallest absolute Gasteiger partial charge is 0.387 e. The highest BCUT2D eigenvalue weighted by Crippen LogP contribution is 2.28. The van der Waals surface area contributed by atoms with Crippen molar-refractivity contribution in [1.29, 1.82) is 0 Å². The van der Waals surface area contributed by atoms with E-state index in [-0.39, 0.29) is 4.90 Å². The van der Waals surface area contributed by atoms with Crippen LogP contribution in [0.1, 0.15) is 25.7 Å². The molecule has 1 aliphatic carbocycles. The molecule has 0 heterocycles. The summed E-state index contributed by atoms with van der Waals surface area (Å²) in [7, 11) is -4.03. The third-order valence-electron chi connectivity index (χ3n) is 3.75. The quantitative estimate of drug-likeness (QED) is 0.821. The number of hydrogen-bond donors (Lipinski definition) is 2. The number of carbonyl (C=O) groups is 1. The zero-order chi connectivity index (χ0) is 17.0. The molecule has 0 saturated heterocycles. The van der Waals surface area contributed by atoms with Crippen LogP contribution in [0.25, 0.3) is 0 Å². The maximum absolute atomic E-state index is 12.4. The second-order valence-corrected chi connectivity index (χ2v) is 7.02. The van der Waals surface area contributed by atoms with Crippen molar-refractivity contribution < 1.29 is 31.8 Å². The summed E-state index contributed by atoms with van der Waals surface area (Å²) in [6.07, 6.45) is 1.51. The number of rotatable bonds is 6. The molecule has 0 radical (unpaired) electrons. The van der Waals surface area contributed by atoms with Gasteiger partial charge in [-0.25, -0.2) is 13.1 Å². The predicted molar refractivity (Wildman–Crippen MR) is 76.8 cm³/mol. The molecule has 2 N–H and O–H groups in total. The normalized spacial score (nSPS) is 22.0. The van der Waals surface area contributed by atoms with Crippen LogP contribution in [0.4, 0.5) is 8.78 Å². The first kappa shape index (κ1) is 17.6. The Kier molecular flexibility index (Phi) is 5.53. The van der Waals surface area contributed by atoms with Crippen molar-refractivity contribution in [3.8, 4) is 5.75 Å². The average molecular weight is 349 g/mol. The van der Waals surface area contributed by atoms with Gasteiger partial charge in [0.15, 0.2) is 0 Å². The molecule has 1 aromatic rings. The van der Waals surface area contributed by atoms with Crippen molar-refractivity contribution >= 4 is 16.0 Å². The summed E-state index contributed by atoms with van der Waals surface area (Å²) in [5.41, 5.74) is 0. The summed E-state index contributed by atoms with van der Waals surface area (Å²) < 4.78 is 56.2. The second kappa shape index (κ2) is 7.22. The van der Waals surface area contributed by atoms with Crippen LogP contribution in [0.5, 0.6) is 5.75 Å². The number of aliphatic carboxylic acids is 1. The molecule has 1 fully saturated rings. The third-order valence-corrected chi connectivity index (χ3v) is 5.31. The first-order chi connectivity index (χ1) is 10.8. The van der Waals surface area contributed by atoms with E-state index < -0.39 is 40.3 Å². The Bertz CT molecular complexity index is 657.